The molecule has 1 aromatic carbocycles. The van der Waals surface area contributed by atoms with Crippen molar-refractivity contribution in [3.63, 3.8) is 0 Å². The molecule has 2 heterocycles. The lowest BCUT2D eigenvalue weighted by Gasteiger charge is -2.45. The smallest absolute Gasteiger partial charge is 0.317 e. The van der Waals surface area contributed by atoms with Gasteiger partial charge in [0, 0.05) is 6.07 Å². The molecule has 0 saturated carbocycles. The van der Waals surface area contributed by atoms with Gasteiger partial charge in [-0.3, -0.25) is 20.2 Å². The zero-order chi connectivity index (χ0) is 26.0. The maximum atomic E-state index is 15.0. The highest BCUT2D eigenvalue weighted by molar-refractivity contribution is 5.53. The first-order valence-corrected chi connectivity index (χ1v) is 10.1. The van der Waals surface area contributed by atoms with E-state index in [2.05, 4.69) is 0 Å². The molecule has 0 bridgehead atoms. The van der Waals surface area contributed by atoms with Crippen LogP contribution in [0.1, 0.15) is 0 Å². The quantitative estimate of drug-likeness (QED) is 0.156. The number of alkyl halides is 1. The van der Waals surface area contributed by atoms with E-state index >= 15 is 0 Å². The van der Waals surface area contributed by atoms with Crippen LogP contribution in [0, 0.1) is 20.2 Å². The van der Waals surface area contributed by atoms with Crippen LogP contribution >= 0.6 is 0 Å². The van der Waals surface area contributed by atoms with Gasteiger partial charge < -0.3 is 49.6 Å². The number of rotatable bonds is 8. The molecule has 10 atom stereocenters. The minimum Gasteiger partial charge on any atom is -0.454 e. The lowest BCUT2D eigenvalue weighted by Crippen LogP contribution is -2.64. The molecule has 16 nitrogen and oxygen atoms in total. The Morgan fingerprint density at radius 3 is 2.09 bits per heavy atom. The standard InChI is InChI=1S/C18H23FN2O14/c19-11-13(25)16(35-18-15(27)14(26)12(24)9(4-22)33-18)10(5-23)34-17(11)32-8-2-1-6(20(28)29)3-7(8)21(30)31/h1-3,9-18,22-27H,4-5H2/t9-,10-,11-,12-,13-,14+,15-,16-,17-,18+/m1/s1. The van der Waals surface area contributed by atoms with E-state index in [4.69, 9.17) is 18.9 Å². The molecule has 0 aliphatic carbocycles. The zero-order valence-corrected chi connectivity index (χ0v) is 17.6. The molecule has 1 aromatic rings. The molecule has 17 heteroatoms. The van der Waals surface area contributed by atoms with E-state index in [0.717, 1.165) is 12.1 Å². The lowest BCUT2D eigenvalue weighted by atomic mass is 9.97. The second-order valence-corrected chi connectivity index (χ2v) is 7.74. The Morgan fingerprint density at radius 2 is 1.51 bits per heavy atom. The van der Waals surface area contributed by atoms with Crippen LogP contribution in [-0.4, -0.2) is 115 Å². The molecule has 0 spiro atoms. The fraction of sp³-hybridized carbons (Fsp3) is 0.667. The fourth-order valence-electron chi connectivity index (χ4n) is 3.62. The van der Waals surface area contributed by atoms with E-state index in [1.807, 2.05) is 0 Å². The van der Waals surface area contributed by atoms with Gasteiger partial charge in [-0.25, -0.2) is 4.39 Å². The van der Waals surface area contributed by atoms with Crippen molar-refractivity contribution in [3.8, 4) is 5.75 Å². The predicted octanol–water partition coefficient (Wildman–Crippen LogP) is -2.52. The van der Waals surface area contributed by atoms with Gasteiger partial charge in [-0.15, -0.1) is 0 Å². The van der Waals surface area contributed by atoms with Crippen molar-refractivity contribution >= 4 is 11.4 Å². The highest BCUT2D eigenvalue weighted by atomic mass is 19.1. The SMILES string of the molecule is O=[N+]([O-])c1ccc(O[C@@H]2O[C@H](CO)[C@@H](O[C@@H]3O[C@H](CO)[C@@H](O)[C@H](O)[C@H]3O)[C@H](O)[C@H]2F)c([N+](=O)[O-])c1. The van der Waals surface area contributed by atoms with Crippen molar-refractivity contribution in [2.75, 3.05) is 13.2 Å². The van der Waals surface area contributed by atoms with E-state index in [-0.39, 0.29) is 0 Å². The first kappa shape index (κ1) is 27.0. The average molecular weight is 510 g/mol. The van der Waals surface area contributed by atoms with E-state index in [9.17, 15) is 55.3 Å². The molecule has 0 amide bonds. The molecule has 3 rings (SSSR count). The Labute approximate surface area is 194 Å². The van der Waals surface area contributed by atoms with E-state index in [1.165, 1.54) is 0 Å². The van der Waals surface area contributed by atoms with Crippen molar-refractivity contribution in [1.29, 1.82) is 0 Å². The third-order valence-electron chi connectivity index (χ3n) is 5.51. The van der Waals surface area contributed by atoms with Crippen LogP contribution in [0.3, 0.4) is 0 Å². The van der Waals surface area contributed by atoms with E-state index < -0.39 is 102 Å². The normalized spacial score (nSPS) is 37.6. The Hall–Kier alpha value is -2.61. The summed E-state index contributed by atoms with van der Waals surface area (Å²) >= 11 is 0. The van der Waals surface area contributed by atoms with Crippen molar-refractivity contribution in [1.82, 2.24) is 0 Å². The highest BCUT2D eigenvalue weighted by Gasteiger charge is 2.52. The monoisotopic (exact) mass is 510 g/mol. The highest BCUT2D eigenvalue weighted by Crippen LogP contribution is 2.35. The summed E-state index contributed by atoms with van der Waals surface area (Å²) < 4.78 is 35.8. The van der Waals surface area contributed by atoms with Crippen molar-refractivity contribution < 1.29 is 63.8 Å². The molecular weight excluding hydrogens is 487 g/mol. The molecular formula is C18H23FN2O14. The lowest BCUT2D eigenvalue weighted by molar-refractivity contribution is -0.395. The third-order valence-corrected chi connectivity index (χ3v) is 5.51. The number of halogens is 1. The number of aliphatic hydroxyl groups is 6. The predicted molar refractivity (Wildman–Crippen MR) is 106 cm³/mol. The minimum atomic E-state index is -2.46. The van der Waals surface area contributed by atoms with Gasteiger partial charge in [-0.2, -0.15) is 0 Å². The van der Waals surface area contributed by atoms with Crippen LogP contribution in [0.4, 0.5) is 15.8 Å². The molecule has 196 valence electrons. The van der Waals surface area contributed by atoms with Crippen molar-refractivity contribution in [2.24, 2.45) is 0 Å². The number of nitro groups is 2. The maximum absolute atomic E-state index is 15.0. The summed E-state index contributed by atoms with van der Waals surface area (Å²) in [6.07, 6.45) is -18.5. The molecule has 0 unspecified atom stereocenters. The summed E-state index contributed by atoms with van der Waals surface area (Å²) in [5.41, 5.74) is -1.52. The third kappa shape index (κ3) is 5.47. The number of hydrogen-bond acceptors (Lipinski definition) is 14. The fourth-order valence-corrected chi connectivity index (χ4v) is 3.62. The first-order chi connectivity index (χ1) is 16.5. The molecule has 2 fully saturated rings. The van der Waals surface area contributed by atoms with Crippen LogP contribution in [0.5, 0.6) is 5.75 Å². The summed E-state index contributed by atoms with van der Waals surface area (Å²) in [4.78, 5) is 20.2. The van der Waals surface area contributed by atoms with Crippen LogP contribution in [0.25, 0.3) is 0 Å². The zero-order valence-electron chi connectivity index (χ0n) is 17.6. The summed E-state index contributed by atoms with van der Waals surface area (Å²) in [6.45, 7) is -1.69. The summed E-state index contributed by atoms with van der Waals surface area (Å²) in [7, 11) is 0. The molecule has 35 heavy (non-hydrogen) atoms. The van der Waals surface area contributed by atoms with Crippen LogP contribution in [0.2, 0.25) is 0 Å². The Balaban J connectivity index is 1.78. The number of nitrogens with zero attached hydrogens (tertiary/aromatic N) is 2. The average Bonchev–Trinajstić information content (AvgIpc) is 2.83. The van der Waals surface area contributed by atoms with Gasteiger partial charge in [0.05, 0.1) is 29.1 Å². The topological polar surface area (TPSA) is 245 Å². The summed E-state index contributed by atoms with van der Waals surface area (Å²) in [6, 6.07) is 2.28. The number of non-ortho nitro benzene ring substituents is 1. The number of nitro benzene ring substituents is 2. The van der Waals surface area contributed by atoms with E-state index in [0.29, 0.717) is 6.07 Å². The van der Waals surface area contributed by atoms with Crippen LogP contribution in [-0.2, 0) is 14.2 Å². The van der Waals surface area contributed by atoms with Crippen molar-refractivity contribution in [2.45, 2.75) is 61.5 Å². The van der Waals surface area contributed by atoms with Gasteiger partial charge in [-0.05, 0) is 6.07 Å². The van der Waals surface area contributed by atoms with Gasteiger partial charge in [0.1, 0.15) is 42.7 Å². The molecule has 2 aliphatic heterocycles. The number of benzene rings is 1. The Bertz CT molecular complexity index is 919. The second kappa shape index (κ2) is 11.0. The summed E-state index contributed by atoms with van der Waals surface area (Å²) in [5.74, 6) is -0.620. The molecule has 2 saturated heterocycles. The van der Waals surface area contributed by atoms with Crippen LogP contribution < -0.4 is 4.74 Å². The van der Waals surface area contributed by atoms with Crippen LogP contribution in [0.15, 0.2) is 18.2 Å². The molecule has 6 N–H and O–H groups in total. The number of ether oxygens (including phenoxy) is 4. The molecule has 0 aromatic heterocycles. The van der Waals surface area contributed by atoms with Gasteiger partial charge >= 0.3 is 5.69 Å². The number of hydrogen-bond donors (Lipinski definition) is 6. The van der Waals surface area contributed by atoms with Crippen molar-refractivity contribution in [3.05, 3.63) is 38.4 Å². The van der Waals surface area contributed by atoms with Gasteiger partial charge in [0.25, 0.3) is 5.69 Å². The number of aliphatic hydroxyl groups excluding tert-OH is 6. The minimum absolute atomic E-state index is 0.580. The molecule has 2 aliphatic rings. The van der Waals surface area contributed by atoms with Gasteiger partial charge in [0.15, 0.2) is 12.5 Å². The first-order valence-electron chi connectivity index (χ1n) is 10.1. The van der Waals surface area contributed by atoms with E-state index in [1.54, 1.807) is 0 Å². The largest absolute Gasteiger partial charge is 0.454 e. The van der Waals surface area contributed by atoms with Gasteiger partial charge in [0.2, 0.25) is 12.0 Å². The summed E-state index contributed by atoms with van der Waals surface area (Å²) in [5, 5.41) is 81.3. The molecule has 0 radical (unpaired) electrons. The van der Waals surface area contributed by atoms with Gasteiger partial charge in [-0.1, -0.05) is 0 Å². The Morgan fingerprint density at radius 1 is 0.886 bits per heavy atom. The second-order valence-electron chi connectivity index (χ2n) is 7.74. The maximum Gasteiger partial charge on any atom is 0.317 e. The Kier molecular flexibility index (Phi) is 8.46.